The van der Waals surface area contributed by atoms with E-state index in [1.54, 1.807) is 0 Å². The van der Waals surface area contributed by atoms with Crippen molar-refractivity contribution in [1.29, 1.82) is 0 Å². The van der Waals surface area contributed by atoms with Crippen molar-refractivity contribution in [2.45, 2.75) is 37.3 Å². The Morgan fingerprint density at radius 1 is 1.18 bits per heavy atom. The Morgan fingerprint density at radius 3 is 2.59 bits per heavy atom. The van der Waals surface area contributed by atoms with E-state index in [9.17, 15) is 9.90 Å². The fourth-order valence-electron chi connectivity index (χ4n) is 3.13. The smallest absolute Gasteiger partial charge is 0.240 e. The minimum absolute atomic E-state index is 0.148. The molecule has 1 unspecified atom stereocenters. The maximum absolute atomic E-state index is 12.2. The number of fused-ring (bicyclic) bond motifs is 1. The molecule has 4 heteroatoms. The Kier molecular flexibility index (Phi) is 4.14. The van der Waals surface area contributed by atoms with E-state index in [1.165, 1.54) is 0 Å². The van der Waals surface area contributed by atoms with Gasteiger partial charge in [-0.25, -0.2) is 0 Å². The fraction of sp³-hybridized carbons (Fsp3) is 0.389. The van der Waals surface area contributed by atoms with Gasteiger partial charge in [-0.1, -0.05) is 49.2 Å². The number of carbonyl (C=O) groups excluding carboxylic acids is 1. The number of rotatable bonds is 4. The normalized spacial score (nSPS) is 18.3. The van der Waals surface area contributed by atoms with Crippen molar-refractivity contribution >= 4 is 16.7 Å². The van der Waals surface area contributed by atoms with Crippen molar-refractivity contribution in [2.24, 2.45) is 5.73 Å². The number of nitrogens with two attached hydrogens (primary N) is 1. The Bertz CT molecular complexity index is 678. The molecule has 0 aliphatic heterocycles. The zero-order chi connectivity index (χ0) is 15.6. The topological polar surface area (TPSA) is 75.4 Å². The molecular weight excluding hydrogens is 276 g/mol. The van der Waals surface area contributed by atoms with E-state index in [0.29, 0.717) is 0 Å². The van der Waals surface area contributed by atoms with Crippen molar-refractivity contribution < 1.29 is 9.90 Å². The van der Waals surface area contributed by atoms with Crippen molar-refractivity contribution in [1.82, 2.24) is 5.32 Å². The Morgan fingerprint density at radius 2 is 1.86 bits per heavy atom. The van der Waals surface area contributed by atoms with Crippen molar-refractivity contribution in [3.8, 4) is 0 Å². The first-order chi connectivity index (χ1) is 10.6. The summed E-state index contributed by atoms with van der Waals surface area (Å²) in [5.74, 6) is -0.148. The second-order valence-electron chi connectivity index (χ2n) is 6.20. The van der Waals surface area contributed by atoms with Gasteiger partial charge < -0.3 is 16.2 Å². The van der Waals surface area contributed by atoms with Gasteiger partial charge in [-0.2, -0.15) is 0 Å². The van der Waals surface area contributed by atoms with Crippen molar-refractivity contribution in [2.75, 3.05) is 6.54 Å². The van der Waals surface area contributed by atoms with Gasteiger partial charge in [0.1, 0.15) is 0 Å². The van der Waals surface area contributed by atoms with E-state index >= 15 is 0 Å². The predicted molar refractivity (Wildman–Crippen MR) is 87.3 cm³/mol. The molecular formula is C18H22N2O2. The van der Waals surface area contributed by atoms with Crippen LogP contribution in [0.4, 0.5) is 0 Å². The molecule has 2 aromatic carbocycles. The van der Waals surface area contributed by atoms with Crippen molar-refractivity contribution in [3.05, 3.63) is 48.0 Å². The predicted octanol–water partition coefficient (Wildman–Crippen LogP) is 2.26. The maximum Gasteiger partial charge on any atom is 0.240 e. The van der Waals surface area contributed by atoms with Crippen LogP contribution in [0.2, 0.25) is 0 Å². The van der Waals surface area contributed by atoms with Gasteiger partial charge >= 0.3 is 0 Å². The molecule has 0 bridgehead atoms. The van der Waals surface area contributed by atoms with E-state index in [4.69, 9.17) is 5.73 Å². The zero-order valence-corrected chi connectivity index (χ0v) is 12.6. The summed E-state index contributed by atoms with van der Waals surface area (Å²) in [4.78, 5) is 12.2. The number of hydrogen-bond acceptors (Lipinski definition) is 3. The van der Waals surface area contributed by atoms with Crippen LogP contribution in [0.3, 0.4) is 0 Å². The molecule has 4 nitrogen and oxygen atoms in total. The molecule has 22 heavy (non-hydrogen) atoms. The van der Waals surface area contributed by atoms with Gasteiger partial charge in [0.05, 0.1) is 11.6 Å². The van der Waals surface area contributed by atoms with Crippen LogP contribution in [0.25, 0.3) is 10.8 Å². The lowest BCUT2D eigenvalue weighted by Crippen LogP contribution is -2.52. The average molecular weight is 298 g/mol. The summed E-state index contributed by atoms with van der Waals surface area (Å²) in [6.45, 7) is 0.191. The highest BCUT2D eigenvalue weighted by Gasteiger charge is 2.36. The van der Waals surface area contributed by atoms with Crippen LogP contribution in [-0.4, -0.2) is 23.1 Å². The number of hydrogen-bond donors (Lipinski definition) is 3. The molecule has 3 rings (SSSR count). The third-order valence-corrected chi connectivity index (χ3v) is 4.56. The monoisotopic (exact) mass is 298 g/mol. The largest absolute Gasteiger partial charge is 0.387 e. The van der Waals surface area contributed by atoms with Gasteiger partial charge in [-0.3, -0.25) is 4.79 Å². The first-order valence-electron chi connectivity index (χ1n) is 7.82. The van der Waals surface area contributed by atoms with Gasteiger partial charge in [0.25, 0.3) is 0 Å². The molecule has 1 amide bonds. The summed E-state index contributed by atoms with van der Waals surface area (Å²) in [5, 5.41) is 15.3. The summed E-state index contributed by atoms with van der Waals surface area (Å²) in [6, 6.07) is 13.8. The maximum atomic E-state index is 12.2. The number of benzene rings is 2. The summed E-state index contributed by atoms with van der Waals surface area (Å²) in [5.41, 5.74) is 6.16. The minimum Gasteiger partial charge on any atom is -0.387 e. The van der Waals surface area contributed by atoms with Gasteiger partial charge in [0.2, 0.25) is 5.91 Å². The summed E-state index contributed by atoms with van der Waals surface area (Å²) in [6.07, 6.45) is 2.72. The highest BCUT2D eigenvalue weighted by Crippen LogP contribution is 2.27. The van der Waals surface area contributed by atoms with E-state index in [0.717, 1.165) is 42.0 Å². The van der Waals surface area contributed by atoms with Gasteiger partial charge in [-0.05, 0) is 35.2 Å². The third-order valence-electron chi connectivity index (χ3n) is 4.56. The number of aliphatic hydroxyl groups is 1. The molecule has 4 N–H and O–H groups in total. The molecule has 116 valence electrons. The van der Waals surface area contributed by atoms with Gasteiger partial charge in [0.15, 0.2) is 0 Å². The quantitative estimate of drug-likeness (QED) is 0.810. The Balaban J connectivity index is 1.65. The van der Waals surface area contributed by atoms with Crippen LogP contribution in [-0.2, 0) is 4.79 Å². The second-order valence-corrected chi connectivity index (χ2v) is 6.20. The van der Waals surface area contributed by atoms with Crippen LogP contribution < -0.4 is 11.1 Å². The summed E-state index contributed by atoms with van der Waals surface area (Å²) < 4.78 is 0. The fourth-order valence-corrected chi connectivity index (χ4v) is 3.13. The summed E-state index contributed by atoms with van der Waals surface area (Å²) >= 11 is 0. The molecule has 2 aromatic rings. The molecule has 0 aromatic heterocycles. The van der Waals surface area contributed by atoms with Crippen LogP contribution >= 0.6 is 0 Å². The Hall–Kier alpha value is -1.91. The van der Waals surface area contributed by atoms with Crippen molar-refractivity contribution in [3.63, 3.8) is 0 Å². The van der Waals surface area contributed by atoms with Crippen LogP contribution in [0.5, 0.6) is 0 Å². The van der Waals surface area contributed by atoms with Gasteiger partial charge in [-0.15, -0.1) is 0 Å². The molecule has 0 spiro atoms. The first-order valence-corrected chi connectivity index (χ1v) is 7.82. The first kappa shape index (κ1) is 15.0. The molecule has 0 saturated heterocycles. The average Bonchev–Trinajstić information content (AvgIpc) is 2.99. The molecule has 1 fully saturated rings. The van der Waals surface area contributed by atoms with E-state index in [-0.39, 0.29) is 12.5 Å². The molecule has 1 atom stereocenters. The van der Waals surface area contributed by atoms with E-state index < -0.39 is 11.6 Å². The molecule has 1 aliphatic rings. The van der Waals surface area contributed by atoms with Crippen LogP contribution in [0.15, 0.2) is 42.5 Å². The van der Waals surface area contributed by atoms with Crippen LogP contribution in [0, 0.1) is 0 Å². The standard InChI is InChI=1S/C18H22N2O2/c19-18(9-3-4-10-18)17(22)20-12-16(21)15-8-7-13-5-1-2-6-14(13)11-15/h1-2,5-8,11,16,21H,3-4,9-10,12,19H2,(H,20,22). The number of carbonyl (C=O) groups is 1. The minimum atomic E-state index is -0.747. The number of amides is 1. The van der Waals surface area contributed by atoms with E-state index in [2.05, 4.69) is 5.32 Å². The number of nitrogens with one attached hydrogen (secondary N) is 1. The molecule has 1 saturated carbocycles. The molecule has 0 heterocycles. The number of aliphatic hydroxyl groups excluding tert-OH is 1. The lowest BCUT2D eigenvalue weighted by molar-refractivity contribution is -0.126. The van der Waals surface area contributed by atoms with Crippen LogP contribution in [0.1, 0.15) is 37.4 Å². The zero-order valence-electron chi connectivity index (χ0n) is 12.6. The summed E-state index contributed by atoms with van der Waals surface area (Å²) in [7, 11) is 0. The lowest BCUT2D eigenvalue weighted by atomic mass is 9.97. The highest BCUT2D eigenvalue weighted by atomic mass is 16.3. The van der Waals surface area contributed by atoms with Gasteiger partial charge in [0, 0.05) is 6.54 Å². The SMILES string of the molecule is NC1(C(=O)NCC(O)c2ccc3ccccc3c2)CCCC1. The lowest BCUT2D eigenvalue weighted by Gasteiger charge is -2.23. The molecule has 1 aliphatic carbocycles. The highest BCUT2D eigenvalue weighted by molar-refractivity contribution is 5.86. The Labute approximate surface area is 130 Å². The second kappa shape index (κ2) is 6.07. The third kappa shape index (κ3) is 2.98. The molecule has 0 radical (unpaired) electrons. The van der Waals surface area contributed by atoms with E-state index in [1.807, 2.05) is 42.5 Å².